The highest BCUT2D eigenvalue weighted by Gasteiger charge is 2.11. The molecule has 0 fully saturated rings. The molecule has 158 valence electrons. The highest BCUT2D eigenvalue weighted by atomic mass is 16.4. The largest absolute Gasteiger partial charge is 0.488 e. The fourth-order valence-electron chi connectivity index (χ4n) is 2.81. The molecule has 0 aliphatic heterocycles. The van der Waals surface area contributed by atoms with E-state index in [0.29, 0.717) is 49.7 Å². The Hall–Kier alpha value is -2.65. The number of nitrogens with one attached hydrogen (secondary N) is 2. The number of hydrogen-bond donors (Lipinski definition) is 6. The van der Waals surface area contributed by atoms with Crippen molar-refractivity contribution >= 4 is 37.0 Å². The summed E-state index contributed by atoms with van der Waals surface area (Å²) in [4.78, 5) is 23.8. The van der Waals surface area contributed by atoms with Crippen molar-refractivity contribution in [3.63, 3.8) is 0 Å². The summed E-state index contributed by atoms with van der Waals surface area (Å²) in [6, 6.07) is 13.4. The van der Waals surface area contributed by atoms with Gasteiger partial charge in [0.1, 0.15) is 0 Å². The van der Waals surface area contributed by atoms with Crippen LogP contribution in [0.2, 0.25) is 0 Å². The third kappa shape index (κ3) is 8.38. The summed E-state index contributed by atoms with van der Waals surface area (Å²) in [6.45, 7) is 0.673. The molecule has 2 rings (SSSR count). The Bertz CT molecular complexity index is 744. The van der Waals surface area contributed by atoms with E-state index >= 15 is 0 Å². The maximum absolute atomic E-state index is 11.9. The van der Waals surface area contributed by atoms with Crippen LogP contribution < -0.4 is 21.6 Å². The molecule has 0 saturated carbocycles. The van der Waals surface area contributed by atoms with Gasteiger partial charge in [0.05, 0.1) is 0 Å². The molecular formula is C20H26B2N2O6. The summed E-state index contributed by atoms with van der Waals surface area (Å²) in [5.41, 5.74) is 2.65. The fraction of sp³-hybridized carbons (Fsp3) is 0.300. The minimum atomic E-state index is -1.50. The van der Waals surface area contributed by atoms with Crippen LogP contribution in [0.1, 0.15) is 24.0 Å². The van der Waals surface area contributed by atoms with E-state index in [1.165, 1.54) is 0 Å². The van der Waals surface area contributed by atoms with Crippen LogP contribution in [0.4, 0.5) is 0 Å². The first-order valence-corrected chi connectivity index (χ1v) is 9.78. The lowest BCUT2D eigenvalue weighted by molar-refractivity contribution is -0.122. The first kappa shape index (κ1) is 23.6. The van der Waals surface area contributed by atoms with Crippen LogP contribution in [0.3, 0.4) is 0 Å². The molecule has 2 aromatic rings. The van der Waals surface area contributed by atoms with Gasteiger partial charge in [-0.3, -0.25) is 9.59 Å². The van der Waals surface area contributed by atoms with E-state index in [9.17, 15) is 9.59 Å². The summed E-state index contributed by atoms with van der Waals surface area (Å²) in [6.07, 6.45) is 1.67. The molecule has 2 amide bonds. The molecule has 0 spiro atoms. The van der Waals surface area contributed by atoms with Crippen LogP contribution in [0, 0.1) is 0 Å². The van der Waals surface area contributed by atoms with Crippen molar-refractivity contribution in [2.45, 2.75) is 25.7 Å². The minimum absolute atomic E-state index is 0.123. The molecule has 0 atom stereocenters. The molecule has 2 aromatic carbocycles. The minimum Gasteiger partial charge on any atom is -0.423 e. The molecule has 30 heavy (non-hydrogen) atoms. The highest BCUT2D eigenvalue weighted by Crippen LogP contribution is 2.02. The molecule has 0 heterocycles. The molecule has 0 bridgehead atoms. The third-order valence-electron chi connectivity index (χ3n) is 4.61. The zero-order valence-electron chi connectivity index (χ0n) is 16.6. The van der Waals surface area contributed by atoms with Crippen LogP contribution in [-0.2, 0) is 22.4 Å². The van der Waals surface area contributed by atoms with Gasteiger partial charge in [0.15, 0.2) is 0 Å². The van der Waals surface area contributed by atoms with Crippen molar-refractivity contribution < 1.29 is 29.7 Å². The van der Waals surface area contributed by atoms with Crippen molar-refractivity contribution in [2.24, 2.45) is 0 Å². The average molecular weight is 412 g/mol. The van der Waals surface area contributed by atoms with Crippen LogP contribution in [0.25, 0.3) is 0 Å². The van der Waals surface area contributed by atoms with Gasteiger partial charge in [-0.25, -0.2) is 0 Å². The molecule has 0 radical (unpaired) electrons. The Labute approximate surface area is 176 Å². The topological polar surface area (TPSA) is 139 Å². The van der Waals surface area contributed by atoms with Crippen molar-refractivity contribution in [1.29, 1.82) is 0 Å². The Kier molecular flexibility index (Phi) is 9.56. The summed E-state index contributed by atoms with van der Waals surface area (Å²) < 4.78 is 0. The summed E-state index contributed by atoms with van der Waals surface area (Å²) in [5, 5.41) is 41.7. The number of aryl methyl sites for hydroxylation is 2. The number of carbonyl (C=O) groups excluding carboxylic acids is 2. The smallest absolute Gasteiger partial charge is 0.423 e. The van der Waals surface area contributed by atoms with Crippen molar-refractivity contribution in [1.82, 2.24) is 10.6 Å². The first-order chi connectivity index (χ1) is 14.3. The van der Waals surface area contributed by atoms with Crippen LogP contribution >= 0.6 is 0 Å². The fourth-order valence-corrected chi connectivity index (χ4v) is 2.81. The predicted octanol–water partition coefficient (Wildman–Crippen LogP) is -2.16. The Balaban J connectivity index is 1.57. The van der Waals surface area contributed by atoms with Crippen LogP contribution in [0.15, 0.2) is 48.5 Å². The first-order valence-electron chi connectivity index (χ1n) is 9.78. The summed E-state index contributed by atoms with van der Waals surface area (Å²) >= 11 is 0. The lowest BCUT2D eigenvalue weighted by Gasteiger charge is -2.08. The van der Waals surface area contributed by atoms with E-state index in [4.69, 9.17) is 20.1 Å². The number of benzene rings is 2. The van der Waals surface area contributed by atoms with Crippen molar-refractivity contribution in [2.75, 3.05) is 13.1 Å². The van der Waals surface area contributed by atoms with Gasteiger partial charge >= 0.3 is 14.2 Å². The van der Waals surface area contributed by atoms with E-state index in [1.54, 1.807) is 48.5 Å². The zero-order valence-corrected chi connectivity index (χ0v) is 16.6. The van der Waals surface area contributed by atoms with E-state index in [2.05, 4.69) is 10.6 Å². The van der Waals surface area contributed by atoms with Gasteiger partial charge in [-0.15, -0.1) is 0 Å². The Morgan fingerprint density at radius 1 is 0.633 bits per heavy atom. The van der Waals surface area contributed by atoms with Crippen LogP contribution in [0.5, 0.6) is 0 Å². The molecule has 0 saturated heterocycles. The summed E-state index contributed by atoms with van der Waals surface area (Å²) in [5.74, 6) is -0.247. The molecule has 6 N–H and O–H groups in total. The second kappa shape index (κ2) is 12.1. The van der Waals surface area contributed by atoms with E-state index in [0.717, 1.165) is 11.1 Å². The second-order valence-corrected chi connectivity index (χ2v) is 6.93. The number of rotatable bonds is 11. The van der Waals surface area contributed by atoms with Crippen molar-refractivity contribution in [3.05, 3.63) is 59.7 Å². The molecule has 8 nitrogen and oxygen atoms in total. The molecule has 0 aliphatic rings. The molecule has 10 heteroatoms. The second-order valence-electron chi connectivity index (χ2n) is 6.93. The van der Waals surface area contributed by atoms with Gasteiger partial charge < -0.3 is 30.7 Å². The number of carbonyl (C=O) groups is 2. The molecular weight excluding hydrogens is 386 g/mol. The Morgan fingerprint density at radius 3 is 1.27 bits per heavy atom. The number of hydrogen-bond acceptors (Lipinski definition) is 6. The van der Waals surface area contributed by atoms with Gasteiger partial charge in [-0.1, -0.05) is 48.5 Å². The quantitative estimate of drug-likeness (QED) is 0.184. The zero-order chi connectivity index (χ0) is 21.9. The Morgan fingerprint density at radius 2 is 0.967 bits per heavy atom. The van der Waals surface area contributed by atoms with Gasteiger partial charge in [-0.2, -0.15) is 0 Å². The highest BCUT2D eigenvalue weighted by molar-refractivity contribution is 6.58. The van der Waals surface area contributed by atoms with Gasteiger partial charge in [-0.05, 0) is 34.9 Å². The maximum Gasteiger partial charge on any atom is 0.488 e. The normalized spacial score (nSPS) is 10.4. The van der Waals surface area contributed by atoms with E-state index in [-0.39, 0.29) is 11.8 Å². The lowest BCUT2D eigenvalue weighted by Crippen LogP contribution is -2.34. The standard InChI is InChI=1S/C20H26B2N2O6/c25-19(11-5-15-1-7-17(8-2-15)21(27)28)23-13-14-24-20(26)12-6-16-3-9-18(10-4-16)22(29)30/h1-4,7-10,27-30H,5-6,11-14H2,(H,23,25)(H,24,26). The van der Waals surface area contributed by atoms with Crippen molar-refractivity contribution in [3.8, 4) is 0 Å². The maximum atomic E-state index is 11.9. The monoisotopic (exact) mass is 412 g/mol. The van der Waals surface area contributed by atoms with Gasteiger partial charge in [0, 0.05) is 25.9 Å². The van der Waals surface area contributed by atoms with E-state index < -0.39 is 14.2 Å². The SMILES string of the molecule is O=C(CCc1ccc(B(O)O)cc1)NCCNC(=O)CCc1ccc(B(O)O)cc1. The van der Waals surface area contributed by atoms with Gasteiger partial charge in [0.2, 0.25) is 11.8 Å². The molecule has 0 aromatic heterocycles. The number of amides is 2. The van der Waals surface area contributed by atoms with E-state index in [1.807, 2.05) is 0 Å². The lowest BCUT2D eigenvalue weighted by atomic mass is 9.80. The third-order valence-corrected chi connectivity index (χ3v) is 4.61. The molecule has 0 aliphatic carbocycles. The predicted molar refractivity (Wildman–Crippen MR) is 115 cm³/mol. The molecule has 0 unspecified atom stereocenters. The average Bonchev–Trinajstić information content (AvgIpc) is 2.74. The van der Waals surface area contributed by atoms with Gasteiger partial charge in [0.25, 0.3) is 0 Å². The summed E-state index contributed by atoms with van der Waals surface area (Å²) in [7, 11) is -3.00. The van der Waals surface area contributed by atoms with Crippen LogP contribution in [-0.4, -0.2) is 59.2 Å².